The molecule has 0 atom stereocenters. The third-order valence-corrected chi connectivity index (χ3v) is 2.90. The van der Waals surface area contributed by atoms with Gasteiger partial charge in [-0.15, -0.1) is 0 Å². The summed E-state index contributed by atoms with van der Waals surface area (Å²) in [4.78, 5) is 35.8. The molecule has 1 aliphatic heterocycles. The van der Waals surface area contributed by atoms with E-state index in [-0.39, 0.29) is 19.0 Å². The number of carbonyl (C=O) groups excluding carboxylic acids is 3. The molecular formula is C12H11ClN2O3. The SMILES string of the molecule is Cc1ccc(Cl)cc1C(=O)N1CC(=O)NC(=O)C1. The van der Waals surface area contributed by atoms with Crippen LogP contribution in [-0.4, -0.2) is 35.7 Å². The molecule has 1 aromatic rings. The molecule has 0 radical (unpaired) electrons. The monoisotopic (exact) mass is 266 g/mol. The van der Waals surface area contributed by atoms with E-state index in [1.807, 2.05) is 0 Å². The van der Waals surface area contributed by atoms with Gasteiger partial charge in [-0.3, -0.25) is 19.7 Å². The molecule has 1 N–H and O–H groups in total. The Morgan fingerprint density at radius 3 is 2.50 bits per heavy atom. The lowest BCUT2D eigenvalue weighted by atomic mass is 10.1. The number of amides is 3. The number of halogens is 1. The lowest BCUT2D eigenvalue weighted by molar-refractivity contribution is -0.135. The molecule has 3 amide bonds. The molecule has 2 rings (SSSR count). The van der Waals surface area contributed by atoms with Crippen LogP contribution in [0.15, 0.2) is 18.2 Å². The van der Waals surface area contributed by atoms with Crippen molar-refractivity contribution >= 4 is 29.3 Å². The highest BCUT2D eigenvalue weighted by molar-refractivity contribution is 6.31. The Morgan fingerprint density at radius 2 is 1.89 bits per heavy atom. The third kappa shape index (κ3) is 2.51. The van der Waals surface area contributed by atoms with Gasteiger partial charge in [-0.1, -0.05) is 17.7 Å². The van der Waals surface area contributed by atoms with E-state index in [2.05, 4.69) is 5.32 Å². The summed E-state index contributed by atoms with van der Waals surface area (Å²) in [6.45, 7) is 1.54. The summed E-state index contributed by atoms with van der Waals surface area (Å²) in [6.07, 6.45) is 0. The van der Waals surface area contributed by atoms with Crippen molar-refractivity contribution < 1.29 is 14.4 Å². The number of hydrogen-bond acceptors (Lipinski definition) is 3. The van der Waals surface area contributed by atoms with Crippen molar-refractivity contribution in [2.45, 2.75) is 6.92 Å². The molecule has 0 aromatic heterocycles. The van der Waals surface area contributed by atoms with Crippen LogP contribution in [0.25, 0.3) is 0 Å². The Hall–Kier alpha value is -1.88. The number of nitrogens with zero attached hydrogens (tertiary/aromatic N) is 1. The number of imide groups is 1. The van der Waals surface area contributed by atoms with Gasteiger partial charge < -0.3 is 4.90 Å². The van der Waals surface area contributed by atoms with Crippen LogP contribution in [0.1, 0.15) is 15.9 Å². The number of nitrogens with one attached hydrogen (secondary N) is 1. The zero-order chi connectivity index (χ0) is 13.3. The summed E-state index contributed by atoms with van der Waals surface area (Å²) >= 11 is 5.84. The van der Waals surface area contributed by atoms with Gasteiger partial charge in [-0.2, -0.15) is 0 Å². The molecule has 1 heterocycles. The maximum absolute atomic E-state index is 12.2. The van der Waals surface area contributed by atoms with Gasteiger partial charge in [0.2, 0.25) is 11.8 Å². The van der Waals surface area contributed by atoms with Crippen molar-refractivity contribution in [3.63, 3.8) is 0 Å². The predicted octanol–water partition coefficient (Wildman–Crippen LogP) is 0.747. The van der Waals surface area contributed by atoms with Gasteiger partial charge in [0.15, 0.2) is 0 Å². The first-order valence-electron chi connectivity index (χ1n) is 5.35. The van der Waals surface area contributed by atoms with Gasteiger partial charge in [-0.25, -0.2) is 0 Å². The highest BCUT2D eigenvalue weighted by Gasteiger charge is 2.27. The molecule has 1 fully saturated rings. The van der Waals surface area contributed by atoms with Crippen LogP contribution in [0.3, 0.4) is 0 Å². The summed E-state index contributed by atoms with van der Waals surface area (Å²) < 4.78 is 0. The van der Waals surface area contributed by atoms with Crippen LogP contribution in [0.5, 0.6) is 0 Å². The maximum atomic E-state index is 12.2. The van der Waals surface area contributed by atoms with E-state index in [9.17, 15) is 14.4 Å². The van der Waals surface area contributed by atoms with Crippen LogP contribution in [-0.2, 0) is 9.59 Å². The second kappa shape index (κ2) is 4.78. The van der Waals surface area contributed by atoms with Gasteiger partial charge >= 0.3 is 0 Å². The van der Waals surface area contributed by atoms with Gasteiger partial charge in [0.1, 0.15) is 13.1 Å². The molecule has 5 nitrogen and oxygen atoms in total. The van der Waals surface area contributed by atoms with Gasteiger partial charge in [0, 0.05) is 10.6 Å². The van der Waals surface area contributed by atoms with Crippen LogP contribution < -0.4 is 5.32 Å². The average molecular weight is 267 g/mol. The standard InChI is InChI=1S/C12H11ClN2O3/c1-7-2-3-8(13)4-9(7)12(18)15-5-10(16)14-11(17)6-15/h2-4H,5-6H2,1H3,(H,14,16,17). The van der Waals surface area contributed by atoms with E-state index >= 15 is 0 Å². The number of hydrogen-bond donors (Lipinski definition) is 1. The average Bonchev–Trinajstić information content (AvgIpc) is 2.30. The number of piperazine rings is 1. The second-order valence-corrected chi connectivity index (χ2v) is 4.53. The normalized spacial score (nSPS) is 15.6. The number of rotatable bonds is 1. The van der Waals surface area contributed by atoms with Crippen molar-refractivity contribution in [1.29, 1.82) is 0 Å². The fraction of sp³-hybridized carbons (Fsp3) is 0.250. The van der Waals surface area contributed by atoms with Crippen LogP contribution in [0.2, 0.25) is 5.02 Å². The summed E-state index contributed by atoms with van der Waals surface area (Å²) in [6, 6.07) is 4.94. The van der Waals surface area contributed by atoms with Crippen molar-refractivity contribution in [2.24, 2.45) is 0 Å². The number of carbonyl (C=O) groups is 3. The quantitative estimate of drug-likeness (QED) is 0.763. The van der Waals surface area contributed by atoms with Crippen molar-refractivity contribution in [1.82, 2.24) is 10.2 Å². The minimum absolute atomic E-state index is 0.115. The van der Waals surface area contributed by atoms with E-state index in [4.69, 9.17) is 11.6 Å². The number of benzene rings is 1. The predicted molar refractivity (Wildman–Crippen MR) is 65.2 cm³/mol. The molecule has 0 saturated carbocycles. The van der Waals surface area contributed by atoms with Crippen molar-refractivity contribution in [3.8, 4) is 0 Å². The summed E-state index contributed by atoms with van der Waals surface area (Å²) in [5.41, 5.74) is 1.16. The van der Waals surface area contributed by atoms with Gasteiger partial charge in [0.25, 0.3) is 5.91 Å². The zero-order valence-electron chi connectivity index (χ0n) is 9.70. The molecule has 0 bridgehead atoms. The van der Waals surface area contributed by atoms with E-state index in [1.165, 1.54) is 11.0 Å². The largest absolute Gasteiger partial charge is 0.320 e. The Bertz CT molecular complexity index is 526. The van der Waals surface area contributed by atoms with E-state index in [0.29, 0.717) is 10.6 Å². The molecule has 0 unspecified atom stereocenters. The first-order chi connectivity index (χ1) is 8.47. The first-order valence-corrected chi connectivity index (χ1v) is 5.73. The van der Waals surface area contributed by atoms with Crippen LogP contribution >= 0.6 is 11.6 Å². The summed E-state index contributed by atoms with van der Waals surface area (Å²) in [5.74, 6) is -1.31. The zero-order valence-corrected chi connectivity index (χ0v) is 10.5. The molecule has 0 spiro atoms. The second-order valence-electron chi connectivity index (χ2n) is 4.09. The van der Waals surface area contributed by atoms with Gasteiger partial charge in [0.05, 0.1) is 0 Å². The first kappa shape index (κ1) is 12.6. The van der Waals surface area contributed by atoms with E-state index in [0.717, 1.165) is 5.56 Å². The fourth-order valence-corrected chi connectivity index (χ4v) is 1.95. The molecule has 1 saturated heterocycles. The molecule has 1 aliphatic rings. The Labute approximate surface area is 109 Å². The van der Waals surface area contributed by atoms with E-state index in [1.54, 1.807) is 19.1 Å². The van der Waals surface area contributed by atoms with Crippen molar-refractivity contribution in [2.75, 3.05) is 13.1 Å². The maximum Gasteiger partial charge on any atom is 0.255 e. The van der Waals surface area contributed by atoms with Crippen LogP contribution in [0, 0.1) is 6.92 Å². The topological polar surface area (TPSA) is 66.5 Å². The molecule has 0 aliphatic carbocycles. The molecule has 18 heavy (non-hydrogen) atoms. The minimum Gasteiger partial charge on any atom is -0.320 e. The Balaban J connectivity index is 2.28. The smallest absolute Gasteiger partial charge is 0.255 e. The summed E-state index contributed by atoms with van der Waals surface area (Å²) in [7, 11) is 0. The molecular weight excluding hydrogens is 256 g/mol. The summed E-state index contributed by atoms with van der Waals surface area (Å²) in [5, 5.41) is 2.59. The lowest BCUT2D eigenvalue weighted by Gasteiger charge is -2.26. The van der Waals surface area contributed by atoms with E-state index < -0.39 is 11.8 Å². The highest BCUT2D eigenvalue weighted by Crippen LogP contribution is 2.17. The minimum atomic E-state index is -0.473. The van der Waals surface area contributed by atoms with Crippen molar-refractivity contribution in [3.05, 3.63) is 34.3 Å². The Kier molecular flexibility index (Phi) is 3.34. The molecule has 94 valence electrons. The Morgan fingerprint density at radius 1 is 1.28 bits per heavy atom. The molecule has 1 aromatic carbocycles. The number of aryl methyl sites for hydroxylation is 1. The fourth-order valence-electron chi connectivity index (χ4n) is 1.78. The highest BCUT2D eigenvalue weighted by atomic mass is 35.5. The van der Waals surface area contributed by atoms with Crippen LogP contribution in [0.4, 0.5) is 0 Å². The third-order valence-electron chi connectivity index (χ3n) is 2.67. The molecule has 6 heteroatoms. The van der Waals surface area contributed by atoms with Gasteiger partial charge in [-0.05, 0) is 24.6 Å². The lowest BCUT2D eigenvalue weighted by Crippen LogP contribution is -2.53.